The summed E-state index contributed by atoms with van der Waals surface area (Å²) in [4.78, 5) is 45.6. The van der Waals surface area contributed by atoms with Crippen LogP contribution in [0.15, 0.2) is 30.3 Å². The molecule has 3 N–H and O–H groups in total. The Morgan fingerprint density at radius 2 is 1.87 bits per heavy atom. The molecule has 7 atom stereocenters. The van der Waals surface area contributed by atoms with Gasteiger partial charge in [0.2, 0.25) is 17.7 Å². The maximum atomic E-state index is 14.3. The van der Waals surface area contributed by atoms with Crippen LogP contribution in [0.25, 0.3) is 0 Å². The maximum absolute atomic E-state index is 14.3. The highest BCUT2D eigenvalue weighted by Crippen LogP contribution is 2.69. The van der Waals surface area contributed by atoms with Crippen LogP contribution in [0.2, 0.25) is 0 Å². The largest absolute Gasteiger partial charge is 0.394 e. The van der Waals surface area contributed by atoms with Gasteiger partial charge in [0.15, 0.2) is 0 Å². The Balaban J connectivity index is 1.47. The van der Waals surface area contributed by atoms with Crippen LogP contribution in [0, 0.1) is 17.8 Å². The minimum Gasteiger partial charge on any atom is -0.394 e. The predicted octanol–water partition coefficient (Wildman–Crippen LogP) is 1.03. The Morgan fingerprint density at radius 3 is 2.55 bits per heavy atom. The SMILES string of the molecule is CCCNC(=O)[C@@H]1[C@@H]2CC(C)C3(S2)C(C(=O)NCCN2CCOCC2)N([C@H](CO)c2ccccc2)C(=O)[C@H]13. The highest BCUT2D eigenvalue weighted by molar-refractivity contribution is 8.02. The number of carbonyl (C=O) groups is 3. The van der Waals surface area contributed by atoms with Crippen LogP contribution in [-0.4, -0.2) is 101 Å². The fourth-order valence-corrected chi connectivity index (χ4v) is 9.46. The minimum absolute atomic E-state index is 0.00547. The lowest BCUT2D eigenvalue weighted by Gasteiger charge is -2.40. The van der Waals surface area contributed by atoms with E-state index in [1.807, 2.05) is 37.3 Å². The number of nitrogens with zero attached hydrogens (tertiary/aromatic N) is 2. The maximum Gasteiger partial charge on any atom is 0.244 e. The van der Waals surface area contributed by atoms with Gasteiger partial charge in [-0.15, -0.1) is 11.8 Å². The van der Waals surface area contributed by atoms with Crippen molar-refractivity contribution in [3.8, 4) is 0 Å². The van der Waals surface area contributed by atoms with Gasteiger partial charge in [0.25, 0.3) is 0 Å². The monoisotopic (exact) mass is 544 g/mol. The smallest absolute Gasteiger partial charge is 0.244 e. The highest BCUT2D eigenvalue weighted by Gasteiger charge is 2.76. The van der Waals surface area contributed by atoms with Crippen LogP contribution in [0.1, 0.15) is 38.3 Å². The third-order valence-electron chi connectivity index (χ3n) is 8.81. The van der Waals surface area contributed by atoms with E-state index in [0.29, 0.717) is 32.8 Å². The van der Waals surface area contributed by atoms with Crippen LogP contribution in [0.5, 0.6) is 0 Å². The molecule has 4 heterocycles. The van der Waals surface area contributed by atoms with Gasteiger partial charge in [-0.3, -0.25) is 19.3 Å². The van der Waals surface area contributed by atoms with Gasteiger partial charge < -0.3 is 25.4 Å². The molecule has 3 unspecified atom stereocenters. The van der Waals surface area contributed by atoms with E-state index in [4.69, 9.17) is 4.74 Å². The van der Waals surface area contributed by atoms with E-state index in [1.54, 1.807) is 16.7 Å². The van der Waals surface area contributed by atoms with Crippen molar-refractivity contribution in [1.29, 1.82) is 0 Å². The van der Waals surface area contributed by atoms with Crippen LogP contribution in [0.4, 0.5) is 0 Å². The summed E-state index contributed by atoms with van der Waals surface area (Å²) in [6.07, 6.45) is 1.61. The number of benzene rings is 1. The van der Waals surface area contributed by atoms with Gasteiger partial charge in [0.1, 0.15) is 6.04 Å². The van der Waals surface area contributed by atoms with Crippen molar-refractivity contribution in [3.63, 3.8) is 0 Å². The van der Waals surface area contributed by atoms with E-state index in [-0.39, 0.29) is 35.5 Å². The predicted molar refractivity (Wildman–Crippen MR) is 145 cm³/mol. The average molecular weight is 545 g/mol. The van der Waals surface area contributed by atoms with Gasteiger partial charge in [-0.2, -0.15) is 0 Å². The quantitative estimate of drug-likeness (QED) is 0.404. The van der Waals surface area contributed by atoms with Gasteiger partial charge in [0, 0.05) is 38.0 Å². The lowest BCUT2D eigenvalue weighted by Crippen LogP contribution is -2.57. The van der Waals surface area contributed by atoms with E-state index in [2.05, 4.69) is 22.5 Å². The molecule has 0 saturated carbocycles. The fraction of sp³-hybridized carbons (Fsp3) is 0.679. The topological polar surface area (TPSA) is 111 Å². The van der Waals surface area contributed by atoms with Crippen molar-refractivity contribution in [3.05, 3.63) is 35.9 Å². The number of carbonyl (C=O) groups excluding carboxylic acids is 3. The van der Waals surface area contributed by atoms with Crippen LogP contribution in [-0.2, 0) is 19.1 Å². The molecule has 1 spiro atoms. The first kappa shape index (κ1) is 27.4. The molecule has 0 aromatic heterocycles. The first-order chi connectivity index (χ1) is 18.4. The van der Waals surface area contributed by atoms with Gasteiger partial charge in [-0.25, -0.2) is 0 Å². The molecular formula is C28H40N4O5S. The summed E-state index contributed by atoms with van der Waals surface area (Å²) >= 11 is 1.66. The second-order valence-electron chi connectivity index (χ2n) is 10.9. The van der Waals surface area contributed by atoms with Gasteiger partial charge in [0.05, 0.1) is 42.4 Å². The van der Waals surface area contributed by atoms with Gasteiger partial charge >= 0.3 is 0 Å². The molecule has 208 valence electrons. The zero-order chi connectivity index (χ0) is 26.9. The summed E-state index contributed by atoms with van der Waals surface area (Å²) in [5, 5.41) is 16.7. The van der Waals surface area contributed by atoms with Crippen LogP contribution < -0.4 is 10.6 Å². The lowest BCUT2D eigenvalue weighted by molar-refractivity contribution is -0.143. The molecular weight excluding hydrogens is 504 g/mol. The summed E-state index contributed by atoms with van der Waals surface area (Å²) in [6, 6.07) is 7.97. The van der Waals surface area contributed by atoms with E-state index in [9.17, 15) is 19.5 Å². The summed E-state index contributed by atoms with van der Waals surface area (Å²) in [5.74, 6) is -1.47. The first-order valence-corrected chi connectivity index (χ1v) is 14.8. The van der Waals surface area contributed by atoms with Crippen molar-refractivity contribution < 1.29 is 24.2 Å². The Kier molecular flexibility index (Phi) is 8.33. The third-order valence-corrected chi connectivity index (χ3v) is 10.9. The molecule has 1 aromatic carbocycles. The van der Waals surface area contributed by atoms with Crippen LogP contribution in [0.3, 0.4) is 0 Å². The van der Waals surface area contributed by atoms with Crippen molar-refractivity contribution in [2.45, 2.75) is 48.8 Å². The average Bonchev–Trinajstić information content (AvgIpc) is 3.53. The lowest BCUT2D eigenvalue weighted by atomic mass is 9.66. The van der Waals surface area contributed by atoms with Crippen LogP contribution >= 0.6 is 11.8 Å². The normalized spacial score (nSPS) is 33.3. The molecule has 5 rings (SSSR count). The van der Waals surface area contributed by atoms with Crippen molar-refractivity contribution in [2.24, 2.45) is 17.8 Å². The Hall–Kier alpha value is -2.14. The highest BCUT2D eigenvalue weighted by atomic mass is 32.2. The zero-order valence-electron chi connectivity index (χ0n) is 22.3. The van der Waals surface area contributed by atoms with Gasteiger partial charge in [-0.05, 0) is 24.3 Å². The summed E-state index contributed by atoms with van der Waals surface area (Å²) < 4.78 is 4.72. The molecule has 4 aliphatic heterocycles. The Bertz CT molecular complexity index is 1020. The van der Waals surface area contributed by atoms with Gasteiger partial charge in [-0.1, -0.05) is 44.2 Å². The number of aliphatic hydroxyl groups is 1. The number of aliphatic hydroxyl groups excluding tert-OH is 1. The third kappa shape index (κ3) is 4.63. The molecule has 10 heteroatoms. The number of fused-ring (bicyclic) bond motifs is 1. The number of likely N-dealkylation sites (tertiary alicyclic amines) is 1. The number of hydrogen-bond donors (Lipinski definition) is 3. The molecule has 0 aliphatic carbocycles. The number of thioether (sulfide) groups is 1. The molecule has 38 heavy (non-hydrogen) atoms. The second kappa shape index (κ2) is 11.5. The van der Waals surface area contributed by atoms with Crippen molar-refractivity contribution >= 4 is 29.5 Å². The zero-order valence-corrected chi connectivity index (χ0v) is 23.1. The fourth-order valence-electron chi connectivity index (χ4n) is 7.05. The second-order valence-corrected chi connectivity index (χ2v) is 12.5. The number of hydrogen-bond acceptors (Lipinski definition) is 7. The van der Waals surface area contributed by atoms with E-state index in [0.717, 1.165) is 31.5 Å². The van der Waals surface area contributed by atoms with E-state index < -0.39 is 28.7 Å². The van der Waals surface area contributed by atoms with E-state index >= 15 is 0 Å². The van der Waals surface area contributed by atoms with E-state index in [1.165, 1.54) is 0 Å². The minimum atomic E-state index is -0.768. The number of ether oxygens (including phenoxy) is 1. The van der Waals surface area contributed by atoms with Crippen molar-refractivity contribution in [1.82, 2.24) is 20.4 Å². The molecule has 0 radical (unpaired) electrons. The standard InChI is InChI=1S/C28H40N4O5S/c1-3-9-29-25(34)22-21-16-18(2)28(38-21)23(22)27(36)32(20(17-33)19-7-5-4-6-8-19)24(28)26(35)30-10-11-31-12-14-37-15-13-31/h4-8,18,20-24,33H,3,9-17H2,1-2H3,(H,29,34)(H,30,35)/t18?,20-,21+,22-,23+,24?,28?/m1/s1. The number of amides is 3. The first-order valence-electron chi connectivity index (χ1n) is 13.9. The Labute approximate surface area is 229 Å². The molecule has 3 amide bonds. The summed E-state index contributed by atoms with van der Waals surface area (Å²) in [7, 11) is 0. The number of morpholine rings is 1. The molecule has 2 bridgehead atoms. The van der Waals surface area contributed by atoms with Crippen molar-refractivity contribution in [2.75, 3.05) is 52.5 Å². The number of rotatable bonds is 10. The molecule has 4 fully saturated rings. The molecule has 9 nitrogen and oxygen atoms in total. The summed E-state index contributed by atoms with van der Waals surface area (Å²) in [5.41, 5.74) is 0.782. The summed E-state index contributed by atoms with van der Waals surface area (Å²) in [6.45, 7) is 8.61. The Morgan fingerprint density at radius 1 is 1.16 bits per heavy atom. The molecule has 1 aromatic rings. The number of nitrogens with one attached hydrogen (secondary N) is 2. The molecule has 4 saturated heterocycles. The molecule has 4 aliphatic rings.